The van der Waals surface area contributed by atoms with Crippen molar-refractivity contribution in [1.82, 2.24) is 0 Å². The summed E-state index contributed by atoms with van der Waals surface area (Å²) in [7, 11) is 1.58. The molecule has 0 radical (unpaired) electrons. The average molecular weight is 126 g/mol. The van der Waals surface area contributed by atoms with Crippen molar-refractivity contribution in [3.63, 3.8) is 0 Å². The van der Waals surface area contributed by atoms with Gasteiger partial charge in [-0.1, -0.05) is 12.8 Å². The van der Waals surface area contributed by atoms with E-state index in [-0.39, 0.29) is 11.8 Å². The van der Waals surface area contributed by atoms with Gasteiger partial charge in [-0.05, 0) is 24.7 Å². The van der Waals surface area contributed by atoms with Gasteiger partial charge in [0, 0.05) is 7.05 Å². The lowest BCUT2D eigenvalue weighted by Gasteiger charge is -2.15. The molecule has 1 rings (SSSR count). The van der Waals surface area contributed by atoms with Gasteiger partial charge in [0.25, 0.3) is 0 Å². The van der Waals surface area contributed by atoms with E-state index in [4.69, 9.17) is 0 Å². The Morgan fingerprint density at radius 1 is 1.44 bits per heavy atom. The van der Waals surface area contributed by atoms with Crippen molar-refractivity contribution >= 4 is 5.90 Å². The van der Waals surface area contributed by atoms with Crippen LogP contribution in [0.15, 0.2) is 4.99 Å². The predicted octanol–water partition coefficient (Wildman–Crippen LogP) is 0.565. The van der Waals surface area contributed by atoms with Crippen molar-refractivity contribution in [1.29, 1.82) is 0 Å². The van der Waals surface area contributed by atoms with E-state index in [9.17, 15) is 5.11 Å². The highest BCUT2D eigenvalue weighted by molar-refractivity contribution is 5.74. The summed E-state index contributed by atoms with van der Waals surface area (Å²) in [6, 6.07) is 0. The normalized spacial score (nSPS) is 23.0. The van der Waals surface area contributed by atoms with E-state index in [1.807, 2.05) is 0 Å². The highest BCUT2D eigenvalue weighted by Gasteiger charge is 2.13. The minimum absolute atomic E-state index is 0.104. The zero-order valence-corrected chi connectivity index (χ0v) is 5.76. The van der Waals surface area contributed by atoms with E-state index in [0.717, 1.165) is 12.8 Å². The average Bonchev–Trinajstić information content (AvgIpc) is 2.37. The second kappa shape index (κ2) is 2.85. The van der Waals surface area contributed by atoms with Crippen LogP contribution in [0.3, 0.4) is 0 Å². The first kappa shape index (κ1) is 6.59. The third kappa shape index (κ3) is 1.44. The molecule has 0 amide bonds. The molecular formula is C7H12NO-. The first-order chi connectivity index (χ1) is 4.34. The van der Waals surface area contributed by atoms with Gasteiger partial charge in [0.2, 0.25) is 0 Å². The van der Waals surface area contributed by atoms with E-state index in [2.05, 4.69) is 4.99 Å². The molecule has 0 spiro atoms. The number of hydrogen-bond donors (Lipinski definition) is 0. The van der Waals surface area contributed by atoms with E-state index in [0.29, 0.717) is 0 Å². The lowest BCUT2D eigenvalue weighted by molar-refractivity contribution is -0.223. The molecule has 1 aliphatic carbocycles. The van der Waals surface area contributed by atoms with Gasteiger partial charge < -0.3 is 10.1 Å². The molecule has 1 aliphatic rings. The zero-order chi connectivity index (χ0) is 6.69. The molecule has 1 fully saturated rings. The summed E-state index contributed by atoms with van der Waals surface area (Å²) < 4.78 is 0. The topological polar surface area (TPSA) is 35.4 Å². The Kier molecular flexibility index (Phi) is 2.09. The lowest BCUT2D eigenvalue weighted by Crippen LogP contribution is -2.25. The molecular weight excluding hydrogens is 114 g/mol. The fraction of sp³-hybridized carbons (Fsp3) is 0.857. The first-order valence-electron chi connectivity index (χ1n) is 3.48. The van der Waals surface area contributed by atoms with Crippen LogP contribution >= 0.6 is 0 Å². The summed E-state index contributed by atoms with van der Waals surface area (Å²) >= 11 is 0. The van der Waals surface area contributed by atoms with Crippen molar-refractivity contribution in [2.75, 3.05) is 7.05 Å². The minimum Gasteiger partial charge on any atom is -0.862 e. The highest BCUT2D eigenvalue weighted by atomic mass is 16.3. The third-order valence-electron chi connectivity index (χ3n) is 1.92. The van der Waals surface area contributed by atoms with Crippen LogP contribution in [0.2, 0.25) is 0 Å². The summed E-state index contributed by atoms with van der Waals surface area (Å²) in [5, 5.41) is 10.8. The summed E-state index contributed by atoms with van der Waals surface area (Å²) in [5.74, 6) is 0.377. The van der Waals surface area contributed by atoms with Crippen LogP contribution in [0, 0.1) is 5.92 Å². The van der Waals surface area contributed by atoms with Crippen LogP contribution in [0.4, 0.5) is 0 Å². The summed E-state index contributed by atoms with van der Waals surface area (Å²) in [6.45, 7) is 0. The molecule has 2 nitrogen and oxygen atoms in total. The Bertz CT molecular complexity index is 114. The molecule has 0 N–H and O–H groups in total. The largest absolute Gasteiger partial charge is 0.862 e. The molecule has 0 atom stereocenters. The van der Waals surface area contributed by atoms with Crippen LogP contribution in [0.1, 0.15) is 25.7 Å². The Hall–Kier alpha value is -0.530. The molecule has 0 saturated heterocycles. The van der Waals surface area contributed by atoms with Crippen LogP contribution in [0.25, 0.3) is 0 Å². The second-order valence-corrected chi connectivity index (χ2v) is 2.54. The van der Waals surface area contributed by atoms with Gasteiger partial charge in [-0.15, -0.1) is 0 Å². The summed E-state index contributed by atoms with van der Waals surface area (Å²) in [6.07, 6.45) is 4.56. The predicted molar refractivity (Wildman–Crippen MR) is 35.3 cm³/mol. The Morgan fingerprint density at radius 2 is 2.00 bits per heavy atom. The van der Waals surface area contributed by atoms with Crippen LogP contribution < -0.4 is 5.11 Å². The lowest BCUT2D eigenvalue weighted by atomic mass is 10.1. The Balaban J connectivity index is 2.42. The maximum absolute atomic E-state index is 10.8. The quantitative estimate of drug-likeness (QED) is 0.373. The smallest absolute Gasteiger partial charge is 0.0266 e. The molecule has 9 heavy (non-hydrogen) atoms. The van der Waals surface area contributed by atoms with Gasteiger partial charge in [0.15, 0.2) is 0 Å². The van der Waals surface area contributed by atoms with Gasteiger partial charge in [0.05, 0.1) is 0 Å². The number of aliphatic imine (C=N–C) groups is 1. The number of nitrogens with zero attached hydrogens (tertiary/aromatic N) is 1. The van der Waals surface area contributed by atoms with Crippen molar-refractivity contribution in [3.05, 3.63) is 0 Å². The molecule has 52 valence electrons. The number of hydrogen-bond acceptors (Lipinski definition) is 2. The number of rotatable bonds is 1. The van der Waals surface area contributed by atoms with Crippen molar-refractivity contribution in [3.8, 4) is 0 Å². The monoisotopic (exact) mass is 126 g/mol. The van der Waals surface area contributed by atoms with Gasteiger partial charge in [-0.2, -0.15) is 0 Å². The highest BCUT2D eigenvalue weighted by Crippen LogP contribution is 2.24. The second-order valence-electron chi connectivity index (χ2n) is 2.54. The van der Waals surface area contributed by atoms with Gasteiger partial charge in [-0.3, -0.25) is 0 Å². The molecule has 0 aliphatic heterocycles. The standard InChI is InChI=1S/C7H13NO/c1-8-7(9)6-4-2-3-5-6/h6H,2-5H2,1H3,(H,8,9)/p-1. The van der Waals surface area contributed by atoms with Gasteiger partial charge >= 0.3 is 0 Å². The minimum atomic E-state index is 0.104. The fourth-order valence-electron chi connectivity index (χ4n) is 1.36. The summed E-state index contributed by atoms with van der Waals surface area (Å²) in [5.41, 5.74) is 0. The van der Waals surface area contributed by atoms with Gasteiger partial charge in [0.1, 0.15) is 0 Å². The molecule has 0 aromatic heterocycles. The maximum atomic E-state index is 10.8. The fourth-order valence-corrected chi connectivity index (χ4v) is 1.36. The third-order valence-corrected chi connectivity index (χ3v) is 1.92. The Labute approximate surface area is 55.6 Å². The maximum Gasteiger partial charge on any atom is 0.0266 e. The van der Waals surface area contributed by atoms with E-state index in [1.54, 1.807) is 7.05 Å². The molecule has 0 bridgehead atoms. The van der Waals surface area contributed by atoms with Crippen LogP contribution in [0.5, 0.6) is 0 Å². The van der Waals surface area contributed by atoms with Crippen molar-refractivity contribution < 1.29 is 5.11 Å². The van der Waals surface area contributed by atoms with E-state index < -0.39 is 0 Å². The van der Waals surface area contributed by atoms with Crippen LogP contribution in [-0.2, 0) is 0 Å². The molecule has 0 unspecified atom stereocenters. The first-order valence-corrected chi connectivity index (χ1v) is 3.48. The van der Waals surface area contributed by atoms with E-state index in [1.165, 1.54) is 12.8 Å². The zero-order valence-electron chi connectivity index (χ0n) is 5.76. The van der Waals surface area contributed by atoms with Crippen molar-refractivity contribution in [2.45, 2.75) is 25.7 Å². The Morgan fingerprint density at radius 3 is 2.44 bits per heavy atom. The van der Waals surface area contributed by atoms with E-state index >= 15 is 0 Å². The molecule has 0 aromatic rings. The van der Waals surface area contributed by atoms with Crippen molar-refractivity contribution in [2.24, 2.45) is 10.9 Å². The SMILES string of the molecule is CN=C([O-])C1CCCC1. The molecule has 1 saturated carbocycles. The molecule has 0 aromatic carbocycles. The van der Waals surface area contributed by atoms with Gasteiger partial charge in [-0.25, -0.2) is 0 Å². The molecule has 0 heterocycles. The molecule has 2 heteroatoms. The summed E-state index contributed by atoms with van der Waals surface area (Å²) in [4.78, 5) is 3.63. The van der Waals surface area contributed by atoms with Crippen LogP contribution in [-0.4, -0.2) is 12.9 Å².